The molecule has 2 nitrogen and oxygen atoms in total. The monoisotopic (exact) mass is 353 g/mol. The number of unbranched alkanes of at least 4 members (excludes halogenated alkanes) is 14. The summed E-state index contributed by atoms with van der Waals surface area (Å²) in [6.07, 6.45) is 23.7. The minimum Gasteiger partial charge on any atom is -0.373 e. The Hall–Kier alpha value is -0.0800. The summed E-state index contributed by atoms with van der Waals surface area (Å²) in [6.45, 7) is 9.32. The van der Waals surface area contributed by atoms with Crippen molar-refractivity contribution in [3.8, 4) is 0 Å². The van der Waals surface area contributed by atoms with Crippen LogP contribution in [0.4, 0.5) is 0 Å². The van der Waals surface area contributed by atoms with E-state index in [1.165, 1.54) is 122 Å². The van der Waals surface area contributed by atoms with Gasteiger partial charge >= 0.3 is 0 Å². The molecule has 1 aliphatic heterocycles. The van der Waals surface area contributed by atoms with Crippen LogP contribution in [0, 0.1) is 0 Å². The number of hydrogen-bond donors (Lipinski definition) is 0. The van der Waals surface area contributed by atoms with Gasteiger partial charge in [0, 0.05) is 0 Å². The summed E-state index contributed by atoms with van der Waals surface area (Å²) < 4.78 is 5.25. The van der Waals surface area contributed by atoms with Crippen molar-refractivity contribution in [3.05, 3.63) is 0 Å². The highest BCUT2D eigenvalue weighted by Gasteiger charge is 2.20. The molecule has 0 spiro atoms. The molecule has 0 bridgehead atoms. The van der Waals surface area contributed by atoms with Gasteiger partial charge in [0.1, 0.15) is 0 Å². The molecule has 1 aliphatic rings. The van der Waals surface area contributed by atoms with E-state index in [9.17, 15) is 0 Å². The Labute approximate surface area is 159 Å². The van der Waals surface area contributed by atoms with Crippen LogP contribution in [0.1, 0.15) is 117 Å². The summed E-state index contributed by atoms with van der Waals surface area (Å²) >= 11 is 0. The Morgan fingerprint density at radius 3 is 1.32 bits per heavy atom. The van der Waals surface area contributed by atoms with Gasteiger partial charge in [0.25, 0.3) is 0 Å². The largest absolute Gasteiger partial charge is 0.373 e. The zero-order chi connectivity index (χ0) is 18.0. The zero-order valence-electron chi connectivity index (χ0n) is 17.6. The maximum atomic E-state index is 5.25. The van der Waals surface area contributed by atoms with E-state index in [-0.39, 0.29) is 0 Å². The van der Waals surface area contributed by atoms with Crippen LogP contribution in [-0.4, -0.2) is 37.2 Å². The summed E-state index contributed by atoms with van der Waals surface area (Å²) in [4.78, 5) is 2.54. The van der Waals surface area contributed by atoms with Crippen molar-refractivity contribution < 1.29 is 4.74 Å². The summed E-state index contributed by atoms with van der Waals surface area (Å²) in [5.74, 6) is 0. The molecule has 0 aromatic heterocycles. The molecule has 0 radical (unpaired) electrons. The van der Waals surface area contributed by atoms with Gasteiger partial charge in [0.15, 0.2) is 0 Å². The van der Waals surface area contributed by atoms with Crippen LogP contribution in [0.25, 0.3) is 0 Å². The van der Waals surface area contributed by atoms with E-state index in [1.54, 1.807) is 0 Å². The molecule has 150 valence electrons. The van der Waals surface area contributed by atoms with Crippen LogP contribution in [0.2, 0.25) is 0 Å². The summed E-state index contributed by atoms with van der Waals surface area (Å²) in [5, 5.41) is 0. The zero-order valence-corrected chi connectivity index (χ0v) is 17.6. The molecule has 0 aliphatic carbocycles. The fraction of sp³-hybridized carbons (Fsp3) is 1.00. The molecule has 0 aromatic carbocycles. The first-order valence-corrected chi connectivity index (χ1v) is 11.7. The van der Waals surface area contributed by atoms with Gasteiger partial charge in [0.2, 0.25) is 0 Å². The third-order valence-electron chi connectivity index (χ3n) is 5.80. The van der Waals surface area contributed by atoms with Crippen molar-refractivity contribution >= 4 is 0 Å². The molecule has 0 N–H and O–H groups in total. The highest BCUT2D eigenvalue weighted by atomic mass is 16.6. The van der Waals surface area contributed by atoms with E-state index in [4.69, 9.17) is 4.74 Å². The van der Waals surface area contributed by atoms with Crippen molar-refractivity contribution in [1.82, 2.24) is 4.90 Å². The quantitative estimate of drug-likeness (QED) is 0.173. The fourth-order valence-electron chi connectivity index (χ4n) is 3.78. The molecule has 0 saturated carbocycles. The summed E-state index contributed by atoms with van der Waals surface area (Å²) in [5.41, 5.74) is 0. The van der Waals surface area contributed by atoms with E-state index < -0.39 is 0 Å². The average Bonchev–Trinajstić information content (AvgIpc) is 3.45. The summed E-state index contributed by atoms with van der Waals surface area (Å²) in [6, 6.07) is 0. The van der Waals surface area contributed by atoms with E-state index in [0.717, 1.165) is 6.61 Å². The first-order chi connectivity index (χ1) is 12.4. The van der Waals surface area contributed by atoms with Gasteiger partial charge in [-0.05, 0) is 32.5 Å². The Morgan fingerprint density at radius 2 is 0.960 bits per heavy atom. The molecule has 1 heterocycles. The lowest BCUT2D eigenvalue weighted by Crippen LogP contribution is -2.23. The van der Waals surface area contributed by atoms with Crippen LogP contribution >= 0.6 is 0 Å². The molecule has 1 rings (SSSR count). The molecular formula is C23H47NO. The third-order valence-corrected chi connectivity index (χ3v) is 5.80. The Balaban J connectivity index is 1.63. The minimum atomic E-state index is 0.646. The van der Waals surface area contributed by atoms with Gasteiger partial charge in [-0.15, -0.1) is 0 Å². The van der Waals surface area contributed by atoms with Crippen LogP contribution in [0.5, 0.6) is 0 Å². The predicted molar refractivity (Wildman–Crippen MR) is 111 cm³/mol. The number of rotatable bonds is 20. The van der Waals surface area contributed by atoms with Crippen LogP contribution in [-0.2, 0) is 4.74 Å². The fourth-order valence-corrected chi connectivity index (χ4v) is 3.78. The normalized spacial score (nSPS) is 16.7. The second kappa shape index (κ2) is 17.3. The topological polar surface area (TPSA) is 15.8 Å². The maximum absolute atomic E-state index is 5.25. The standard InChI is InChI=1S/C23H47NO/c1-3-24(4-2)21-19-17-15-13-11-9-7-5-6-8-10-12-14-16-18-20-23-22-25-23/h23H,3-22H2,1-2H3. The van der Waals surface area contributed by atoms with Crippen molar-refractivity contribution in [2.24, 2.45) is 0 Å². The highest BCUT2D eigenvalue weighted by molar-refractivity contribution is 4.68. The molecule has 25 heavy (non-hydrogen) atoms. The number of ether oxygens (including phenoxy) is 1. The maximum Gasteiger partial charge on any atom is 0.0810 e. The van der Waals surface area contributed by atoms with Gasteiger partial charge in [-0.1, -0.05) is 104 Å². The van der Waals surface area contributed by atoms with Gasteiger partial charge in [-0.25, -0.2) is 0 Å². The van der Waals surface area contributed by atoms with E-state index in [1.807, 2.05) is 0 Å². The molecule has 1 unspecified atom stereocenters. The predicted octanol–water partition coefficient (Wildman–Crippen LogP) is 6.97. The second-order valence-electron chi connectivity index (χ2n) is 8.07. The Bertz CT molecular complexity index is 261. The van der Waals surface area contributed by atoms with Crippen LogP contribution in [0.15, 0.2) is 0 Å². The first kappa shape index (κ1) is 23.0. The molecule has 0 aromatic rings. The lowest BCUT2D eigenvalue weighted by Gasteiger charge is -2.17. The lowest BCUT2D eigenvalue weighted by atomic mass is 10.0. The molecule has 1 saturated heterocycles. The molecule has 0 amide bonds. The smallest absolute Gasteiger partial charge is 0.0810 e. The number of hydrogen-bond acceptors (Lipinski definition) is 2. The van der Waals surface area contributed by atoms with E-state index >= 15 is 0 Å². The Kier molecular flexibility index (Phi) is 15.9. The van der Waals surface area contributed by atoms with Crippen molar-refractivity contribution in [3.63, 3.8) is 0 Å². The third kappa shape index (κ3) is 15.9. The summed E-state index contributed by atoms with van der Waals surface area (Å²) in [7, 11) is 0. The minimum absolute atomic E-state index is 0.646. The number of nitrogens with zero attached hydrogens (tertiary/aromatic N) is 1. The van der Waals surface area contributed by atoms with Gasteiger partial charge in [-0.3, -0.25) is 0 Å². The second-order valence-corrected chi connectivity index (χ2v) is 8.07. The highest BCUT2D eigenvalue weighted by Crippen LogP contribution is 2.18. The van der Waals surface area contributed by atoms with Crippen LogP contribution < -0.4 is 0 Å². The van der Waals surface area contributed by atoms with Gasteiger partial charge < -0.3 is 9.64 Å². The molecule has 1 atom stereocenters. The Morgan fingerprint density at radius 1 is 0.600 bits per heavy atom. The van der Waals surface area contributed by atoms with Gasteiger partial charge in [-0.2, -0.15) is 0 Å². The van der Waals surface area contributed by atoms with Crippen molar-refractivity contribution in [2.45, 2.75) is 123 Å². The van der Waals surface area contributed by atoms with E-state index in [2.05, 4.69) is 18.7 Å². The SMILES string of the molecule is CCN(CC)CCCCCCCCCCCCCCCCCC1CO1. The number of epoxide rings is 1. The van der Waals surface area contributed by atoms with Crippen molar-refractivity contribution in [2.75, 3.05) is 26.2 Å². The molecular weight excluding hydrogens is 306 g/mol. The first-order valence-electron chi connectivity index (χ1n) is 11.7. The molecule has 2 heteroatoms. The lowest BCUT2D eigenvalue weighted by molar-refractivity contribution is 0.295. The van der Waals surface area contributed by atoms with Crippen LogP contribution in [0.3, 0.4) is 0 Å². The molecule has 1 fully saturated rings. The van der Waals surface area contributed by atoms with Crippen molar-refractivity contribution in [1.29, 1.82) is 0 Å². The van der Waals surface area contributed by atoms with Gasteiger partial charge in [0.05, 0.1) is 12.7 Å². The van der Waals surface area contributed by atoms with E-state index in [0.29, 0.717) is 6.10 Å². The average molecular weight is 354 g/mol.